The van der Waals surface area contributed by atoms with E-state index in [4.69, 9.17) is 0 Å². The molecule has 0 unspecified atom stereocenters. The summed E-state index contributed by atoms with van der Waals surface area (Å²) in [4.78, 5) is 4.14. The molecule has 1 aromatic heterocycles. The molecule has 1 aromatic rings. The molecule has 2 aliphatic carbocycles. The maximum Gasteiger partial charge on any atom is 0.0312 e. The lowest BCUT2D eigenvalue weighted by Crippen LogP contribution is -2.41. The number of rotatable bonds is 5. The van der Waals surface area contributed by atoms with E-state index in [9.17, 15) is 0 Å². The van der Waals surface area contributed by atoms with Crippen molar-refractivity contribution in [3.8, 4) is 0 Å². The van der Waals surface area contributed by atoms with Gasteiger partial charge < -0.3 is 5.32 Å². The van der Waals surface area contributed by atoms with Crippen LogP contribution in [0.25, 0.3) is 0 Å². The second-order valence-electron chi connectivity index (χ2n) is 5.46. The molecule has 0 saturated heterocycles. The molecule has 0 radical (unpaired) electrons. The standard InChI is InChI=1S/C14H20N2/c1-3-12(9-15-8-1)10-16-11-14(6-2-7-14)13-4-5-13/h1,3,8-9,13,16H,2,4-7,10-11H2. The number of nitrogens with zero attached hydrogens (tertiary/aromatic N) is 1. The van der Waals surface area contributed by atoms with Crippen LogP contribution in [0.2, 0.25) is 0 Å². The minimum atomic E-state index is 0.683. The molecule has 0 atom stereocenters. The molecule has 3 rings (SSSR count). The summed E-state index contributed by atoms with van der Waals surface area (Å²) in [5.41, 5.74) is 1.98. The van der Waals surface area contributed by atoms with Crippen molar-refractivity contribution in [1.82, 2.24) is 10.3 Å². The highest BCUT2D eigenvalue weighted by Crippen LogP contribution is 2.56. The van der Waals surface area contributed by atoms with Crippen LogP contribution in [0.3, 0.4) is 0 Å². The van der Waals surface area contributed by atoms with Crippen molar-refractivity contribution in [2.24, 2.45) is 11.3 Å². The summed E-state index contributed by atoms with van der Waals surface area (Å²) >= 11 is 0. The molecule has 1 heterocycles. The van der Waals surface area contributed by atoms with Gasteiger partial charge in [0.05, 0.1) is 0 Å². The van der Waals surface area contributed by atoms with E-state index in [0.29, 0.717) is 5.41 Å². The molecule has 0 aliphatic heterocycles. The van der Waals surface area contributed by atoms with Gasteiger partial charge in [-0.1, -0.05) is 12.5 Å². The maximum absolute atomic E-state index is 4.14. The number of hydrogen-bond acceptors (Lipinski definition) is 2. The van der Waals surface area contributed by atoms with Gasteiger partial charge in [-0.3, -0.25) is 4.98 Å². The maximum atomic E-state index is 4.14. The zero-order valence-electron chi connectivity index (χ0n) is 9.78. The molecule has 0 bridgehead atoms. The normalized spacial score (nSPS) is 22.8. The largest absolute Gasteiger partial charge is 0.312 e. The van der Waals surface area contributed by atoms with Gasteiger partial charge in [0, 0.05) is 25.5 Å². The smallest absolute Gasteiger partial charge is 0.0312 e. The van der Waals surface area contributed by atoms with Crippen molar-refractivity contribution >= 4 is 0 Å². The molecule has 2 fully saturated rings. The molecule has 2 heteroatoms. The van der Waals surface area contributed by atoms with Crippen LogP contribution in [0, 0.1) is 11.3 Å². The van der Waals surface area contributed by atoms with E-state index in [0.717, 1.165) is 12.5 Å². The van der Waals surface area contributed by atoms with Gasteiger partial charge in [0.2, 0.25) is 0 Å². The quantitative estimate of drug-likeness (QED) is 0.818. The molecule has 2 aliphatic rings. The SMILES string of the molecule is c1cncc(CNCC2(C3CC3)CCC2)c1. The third kappa shape index (κ3) is 1.99. The average molecular weight is 216 g/mol. The van der Waals surface area contributed by atoms with Crippen LogP contribution in [0.15, 0.2) is 24.5 Å². The molecular weight excluding hydrogens is 196 g/mol. The van der Waals surface area contributed by atoms with Crippen LogP contribution in [0.4, 0.5) is 0 Å². The molecule has 2 saturated carbocycles. The van der Waals surface area contributed by atoms with Crippen molar-refractivity contribution in [2.45, 2.75) is 38.6 Å². The van der Waals surface area contributed by atoms with Crippen LogP contribution in [-0.2, 0) is 6.54 Å². The van der Waals surface area contributed by atoms with Crippen LogP contribution in [-0.4, -0.2) is 11.5 Å². The van der Waals surface area contributed by atoms with E-state index in [-0.39, 0.29) is 0 Å². The van der Waals surface area contributed by atoms with Crippen molar-refractivity contribution in [1.29, 1.82) is 0 Å². The van der Waals surface area contributed by atoms with Gasteiger partial charge in [0.15, 0.2) is 0 Å². The number of pyridine rings is 1. The monoisotopic (exact) mass is 216 g/mol. The van der Waals surface area contributed by atoms with Crippen LogP contribution in [0.1, 0.15) is 37.7 Å². The molecule has 0 spiro atoms. The van der Waals surface area contributed by atoms with E-state index >= 15 is 0 Å². The van der Waals surface area contributed by atoms with Gasteiger partial charge in [-0.05, 0) is 48.6 Å². The zero-order chi connectivity index (χ0) is 10.8. The molecule has 1 N–H and O–H groups in total. The highest BCUT2D eigenvalue weighted by atomic mass is 14.9. The van der Waals surface area contributed by atoms with Crippen molar-refractivity contribution in [2.75, 3.05) is 6.54 Å². The lowest BCUT2D eigenvalue weighted by Gasteiger charge is -2.43. The molecule has 2 nitrogen and oxygen atoms in total. The highest BCUT2D eigenvalue weighted by Gasteiger charge is 2.48. The molecule has 0 amide bonds. The Bertz CT molecular complexity index is 339. The first kappa shape index (κ1) is 10.3. The lowest BCUT2D eigenvalue weighted by molar-refractivity contribution is 0.0987. The second kappa shape index (κ2) is 4.17. The van der Waals surface area contributed by atoms with E-state index in [2.05, 4.69) is 16.4 Å². The second-order valence-corrected chi connectivity index (χ2v) is 5.46. The molecule has 16 heavy (non-hydrogen) atoms. The summed E-state index contributed by atoms with van der Waals surface area (Å²) in [6.07, 6.45) is 11.1. The summed E-state index contributed by atoms with van der Waals surface area (Å²) in [5.74, 6) is 1.04. The topological polar surface area (TPSA) is 24.9 Å². The van der Waals surface area contributed by atoms with E-state index < -0.39 is 0 Å². The summed E-state index contributed by atoms with van der Waals surface area (Å²) in [6.45, 7) is 2.19. The predicted molar refractivity (Wildman–Crippen MR) is 65.0 cm³/mol. The van der Waals surface area contributed by atoms with Gasteiger partial charge in [-0.2, -0.15) is 0 Å². The minimum Gasteiger partial charge on any atom is -0.312 e. The third-order valence-corrected chi connectivity index (χ3v) is 4.32. The zero-order valence-corrected chi connectivity index (χ0v) is 9.78. The van der Waals surface area contributed by atoms with Crippen molar-refractivity contribution in [3.05, 3.63) is 30.1 Å². The van der Waals surface area contributed by atoms with Gasteiger partial charge in [-0.15, -0.1) is 0 Å². The van der Waals surface area contributed by atoms with E-state index in [1.165, 1.54) is 44.2 Å². The Morgan fingerprint density at radius 1 is 1.38 bits per heavy atom. The van der Waals surface area contributed by atoms with Crippen LogP contribution >= 0.6 is 0 Å². The van der Waals surface area contributed by atoms with E-state index in [1.807, 2.05) is 18.5 Å². The first-order chi connectivity index (χ1) is 7.89. The summed E-state index contributed by atoms with van der Waals surface area (Å²) in [7, 11) is 0. The number of aromatic nitrogens is 1. The predicted octanol–water partition coefficient (Wildman–Crippen LogP) is 2.75. The van der Waals surface area contributed by atoms with Gasteiger partial charge in [0.1, 0.15) is 0 Å². The number of hydrogen-bond donors (Lipinski definition) is 1. The van der Waals surface area contributed by atoms with Crippen LogP contribution < -0.4 is 5.32 Å². The average Bonchev–Trinajstić information content (AvgIpc) is 3.08. The Labute approximate surface area is 97.5 Å². The Balaban J connectivity index is 1.49. The first-order valence-electron chi connectivity index (χ1n) is 6.49. The fraction of sp³-hybridized carbons (Fsp3) is 0.643. The Kier molecular flexibility index (Phi) is 2.68. The summed E-state index contributed by atoms with van der Waals surface area (Å²) in [5, 5.41) is 3.63. The Morgan fingerprint density at radius 2 is 2.25 bits per heavy atom. The fourth-order valence-corrected chi connectivity index (χ4v) is 3.01. The van der Waals surface area contributed by atoms with Gasteiger partial charge in [-0.25, -0.2) is 0 Å². The van der Waals surface area contributed by atoms with Crippen LogP contribution in [0.5, 0.6) is 0 Å². The number of nitrogens with one attached hydrogen (secondary N) is 1. The summed E-state index contributed by atoms with van der Waals surface area (Å²) < 4.78 is 0. The van der Waals surface area contributed by atoms with Gasteiger partial charge >= 0.3 is 0 Å². The highest BCUT2D eigenvalue weighted by molar-refractivity contribution is 5.08. The Morgan fingerprint density at radius 3 is 2.81 bits per heavy atom. The van der Waals surface area contributed by atoms with E-state index in [1.54, 1.807) is 0 Å². The van der Waals surface area contributed by atoms with Gasteiger partial charge in [0.25, 0.3) is 0 Å². The van der Waals surface area contributed by atoms with Crippen molar-refractivity contribution < 1.29 is 0 Å². The molecular formula is C14H20N2. The summed E-state index contributed by atoms with van der Waals surface area (Å²) in [6, 6.07) is 4.15. The minimum absolute atomic E-state index is 0.683. The molecule has 86 valence electrons. The third-order valence-electron chi connectivity index (χ3n) is 4.32. The lowest BCUT2D eigenvalue weighted by atomic mass is 9.65. The first-order valence-corrected chi connectivity index (χ1v) is 6.49. The van der Waals surface area contributed by atoms with Crippen molar-refractivity contribution in [3.63, 3.8) is 0 Å². The molecule has 0 aromatic carbocycles. The Hall–Kier alpha value is -0.890. The fourth-order valence-electron chi connectivity index (χ4n) is 3.01.